The number of methoxy groups -OCH3 is 3. The number of thiazole rings is 1. The Morgan fingerprint density at radius 1 is 1.02 bits per heavy atom. The van der Waals surface area contributed by atoms with E-state index in [4.69, 9.17) is 23.7 Å². The topological polar surface area (TPSA) is 115 Å². The number of nitrogens with zero attached hydrogens (tertiary/aromatic N) is 2. The normalized spacial score (nSPS) is 14.6. The number of ether oxygens (including phenoxy) is 5. The van der Waals surface area contributed by atoms with Crippen molar-refractivity contribution in [3.05, 3.63) is 91.1 Å². The van der Waals surface area contributed by atoms with Gasteiger partial charge in [0.05, 0.1) is 43.2 Å². The molecule has 0 unspecified atom stereocenters. The lowest BCUT2D eigenvalue weighted by Gasteiger charge is -2.25. The summed E-state index contributed by atoms with van der Waals surface area (Å²) in [5.41, 5.74) is 1.54. The highest BCUT2D eigenvalue weighted by molar-refractivity contribution is 7.07. The second kappa shape index (κ2) is 12.0. The van der Waals surface area contributed by atoms with Crippen LogP contribution in [0, 0.1) is 0 Å². The molecule has 0 saturated heterocycles. The number of rotatable bonds is 9. The number of allylic oxidation sites excluding steroid dienone is 1. The number of hydrogen-bond donors (Lipinski definition) is 0. The largest absolute Gasteiger partial charge is 0.493 e. The van der Waals surface area contributed by atoms with Crippen LogP contribution in [0.1, 0.15) is 31.0 Å². The van der Waals surface area contributed by atoms with Crippen molar-refractivity contribution in [1.82, 2.24) is 4.57 Å². The number of esters is 2. The SMILES string of the molecule is C=CCOC(=O)C1=C(C)N=c2s/c(=C\c3ccc(OC(C)=O)c(OC)c3)c(=O)n2[C@@H]1c1ccc(OC)c(OC)c1. The zero-order valence-corrected chi connectivity index (χ0v) is 23.5. The summed E-state index contributed by atoms with van der Waals surface area (Å²) in [5.74, 6) is 0.452. The molecule has 0 aliphatic carbocycles. The van der Waals surface area contributed by atoms with Crippen molar-refractivity contribution in [1.29, 1.82) is 0 Å². The van der Waals surface area contributed by atoms with Crippen molar-refractivity contribution >= 4 is 29.4 Å². The van der Waals surface area contributed by atoms with Crippen LogP contribution in [0.25, 0.3) is 6.08 Å². The van der Waals surface area contributed by atoms with Gasteiger partial charge in [0.25, 0.3) is 5.56 Å². The molecule has 0 radical (unpaired) electrons. The van der Waals surface area contributed by atoms with Gasteiger partial charge < -0.3 is 23.7 Å². The van der Waals surface area contributed by atoms with Gasteiger partial charge in [0.1, 0.15) is 6.61 Å². The molecule has 10 nitrogen and oxygen atoms in total. The van der Waals surface area contributed by atoms with Crippen LogP contribution in [-0.2, 0) is 14.3 Å². The van der Waals surface area contributed by atoms with Crippen LogP contribution in [0.3, 0.4) is 0 Å². The Labute approximate surface area is 234 Å². The van der Waals surface area contributed by atoms with Gasteiger partial charge in [-0.3, -0.25) is 14.2 Å². The average Bonchev–Trinajstić information content (AvgIpc) is 3.24. The van der Waals surface area contributed by atoms with Crippen molar-refractivity contribution in [3.8, 4) is 23.0 Å². The van der Waals surface area contributed by atoms with E-state index in [2.05, 4.69) is 11.6 Å². The molecule has 1 aliphatic heterocycles. The molecule has 1 aromatic heterocycles. The van der Waals surface area contributed by atoms with Gasteiger partial charge in [-0.15, -0.1) is 0 Å². The molecule has 0 spiro atoms. The van der Waals surface area contributed by atoms with Crippen molar-refractivity contribution in [2.45, 2.75) is 19.9 Å². The highest BCUT2D eigenvalue weighted by Gasteiger charge is 2.34. The fraction of sp³-hybridized carbons (Fsp3) is 0.241. The molecule has 0 bridgehead atoms. The summed E-state index contributed by atoms with van der Waals surface area (Å²) < 4.78 is 28.6. The maximum atomic E-state index is 13.9. The molecule has 2 aromatic carbocycles. The van der Waals surface area contributed by atoms with E-state index in [1.54, 1.807) is 49.4 Å². The van der Waals surface area contributed by atoms with E-state index in [0.717, 1.165) is 0 Å². The predicted octanol–water partition coefficient (Wildman–Crippen LogP) is 2.92. The minimum Gasteiger partial charge on any atom is -0.493 e. The van der Waals surface area contributed by atoms with Gasteiger partial charge in [-0.1, -0.05) is 36.1 Å². The lowest BCUT2D eigenvalue weighted by Crippen LogP contribution is -2.40. The van der Waals surface area contributed by atoms with Gasteiger partial charge in [-0.25, -0.2) is 9.79 Å². The Kier molecular flexibility index (Phi) is 8.54. The Balaban J connectivity index is 1.91. The van der Waals surface area contributed by atoms with E-state index < -0.39 is 18.0 Å². The predicted molar refractivity (Wildman–Crippen MR) is 149 cm³/mol. The number of carbonyl (C=O) groups excluding carboxylic acids is 2. The van der Waals surface area contributed by atoms with E-state index in [1.807, 2.05) is 0 Å². The summed E-state index contributed by atoms with van der Waals surface area (Å²) in [5, 5.41) is 0. The first-order valence-corrected chi connectivity index (χ1v) is 12.9. The number of benzene rings is 2. The van der Waals surface area contributed by atoms with Crippen molar-refractivity contribution in [2.75, 3.05) is 27.9 Å². The molecule has 0 amide bonds. The average molecular weight is 565 g/mol. The van der Waals surface area contributed by atoms with Crippen LogP contribution in [0.15, 0.2) is 70.1 Å². The first-order chi connectivity index (χ1) is 19.2. The highest BCUT2D eigenvalue weighted by atomic mass is 32.1. The Morgan fingerprint density at radius 3 is 2.35 bits per heavy atom. The van der Waals surface area contributed by atoms with Gasteiger partial charge in [-0.2, -0.15) is 0 Å². The number of carbonyl (C=O) groups is 2. The highest BCUT2D eigenvalue weighted by Crippen LogP contribution is 2.36. The summed E-state index contributed by atoms with van der Waals surface area (Å²) in [6.07, 6.45) is 3.15. The Morgan fingerprint density at radius 2 is 1.70 bits per heavy atom. The van der Waals surface area contributed by atoms with Crippen molar-refractivity contribution in [3.63, 3.8) is 0 Å². The smallest absolute Gasteiger partial charge is 0.338 e. The van der Waals surface area contributed by atoms with Crippen molar-refractivity contribution in [2.24, 2.45) is 4.99 Å². The third-order valence-corrected chi connectivity index (χ3v) is 7.02. The summed E-state index contributed by atoms with van der Waals surface area (Å²) in [6, 6.07) is 9.31. The second-order valence-electron chi connectivity index (χ2n) is 8.59. The van der Waals surface area contributed by atoms with E-state index >= 15 is 0 Å². The van der Waals surface area contributed by atoms with Gasteiger partial charge in [-0.05, 0) is 48.4 Å². The first-order valence-electron chi connectivity index (χ1n) is 12.1. The van der Waals surface area contributed by atoms with Crippen LogP contribution in [0.5, 0.6) is 23.0 Å². The molecule has 0 N–H and O–H groups in total. The summed E-state index contributed by atoms with van der Waals surface area (Å²) in [6.45, 7) is 6.61. The molecule has 1 aliphatic rings. The fourth-order valence-corrected chi connectivity index (χ4v) is 5.34. The molecule has 1 atom stereocenters. The van der Waals surface area contributed by atoms with Gasteiger partial charge in [0, 0.05) is 6.92 Å². The molecular weight excluding hydrogens is 536 g/mol. The maximum Gasteiger partial charge on any atom is 0.338 e. The standard InChI is InChI=1S/C29H28N2O8S/c1-7-12-38-28(34)25-16(2)30-29-31(26(25)19-9-11-20(35-4)23(15-19)37-6)27(33)24(40-29)14-18-8-10-21(39-17(3)32)22(13-18)36-5/h7-11,13-15,26H,1,12H2,2-6H3/b24-14-/t26-/m1/s1. The fourth-order valence-electron chi connectivity index (χ4n) is 4.30. The lowest BCUT2D eigenvalue weighted by molar-refractivity contribution is -0.138. The molecule has 0 fully saturated rings. The van der Waals surface area contributed by atoms with Crippen LogP contribution in [0.4, 0.5) is 0 Å². The zero-order chi connectivity index (χ0) is 29.0. The summed E-state index contributed by atoms with van der Waals surface area (Å²) >= 11 is 1.18. The van der Waals surface area contributed by atoms with E-state index in [-0.39, 0.29) is 23.5 Å². The monoisotopic (exact) mass is 564 g/mol. The van der Waals surface area contributed by atoms with Crippen LogP contribution in [-0.4, -0.2) is 44.4 Å². The van der Waals surface area contributed by atoms with Gasteiger partial charge >= 0.3 is 11.9 Å². The lowest BCUT2D eigenvalue weighted by atomic mass is 9.95. The number of fused-ring (bicyclic) bond motifs is 1. The molecule has 0 saturated carbocycles. The minimum atomic E-state index is -0.837. The first kappa shape index (κ1) is 28.4. The third kappa shape index (κ3) is 5.55. The minimum absolute atomic E-state index is 0.00383. The molecule has 4 rings (SSSR count). The van der Waals surface area contributed by atoms with Crippen LogP contribution >= 0.6 is 11.3 Å². The number of hydrogen-bond acceptors (Lipinski definition) is 10. The van der Waals surface area contributed by atoms with Crippen molar-refractivity contribution < 1.29 is 33.3 Å². The molecular formula is C29H28N2O8S. The number of aromatic nitrogens is 1. The van der Waals surface area contributed by atoms with E-state index in [1.165, 1.54) is 50.2 Å². The Hall–Kier alpha value is -4.64. The van der Waals surface area contributed by atoms with E-state index in [0.29, 0.717) is 43.4 Å². The van der Waals surface area contributed by atoms with E-state index in [9.17, 15) is 14.4 Å². The third-order valence-electron chi connectivity index (χ3n) is 6.04. The quantitative estimate of drug-likeness (QED) is 0.221. The second-order valence-corrected chi connectivity index (χ2v) is 9.60. The Bertz CT molecular complexity index is 1700. The summed E-state index contributed by atoms with van der Waals surface area (Å²) in [4.78, 5) is 43.5. The summed E-state index contributed by atoms with van der Waals surface area (Å²) in [7, 11) is 4.49. The zero-order valence-electron chi connectivity index (χ0n) is 22.7. The molecule has 40 heavy (non-hydrogen) atoms. The molecule has 3 aromatic rings. The molecule has 2 heterocycles. The molecule has 208 valence electrons. The molecule has 11 heteroatoms. The van der Waals surface area contributed by atoms with Gasteiger partial charge in [0.15, 0.2) is 27.8 Å². The van der Waals surface area contributed by atoms with Gasteiger partial charge in [0.2, 0.25) is 0 Å². The van der Waals surface area contributed by atoms with Crippen LogP contribution in [0.2, 0.25) is 0 Å². The van der Waals surface area contributed by atoms with Crippen LogP contribution < -0.4 is 33.8 Å². The maximum absolute atomic E-state index is 13.9.